The molecule has 0 rings (SSSR count). The first-order valence-corrected chi connectivity index (χ1v) is 5.67. The van der Waals surface area contributed by atoms with Crippen molar-refractivity contribution in [2.45, 2.75) is 39.7 Å². The zero-order valence-corrected chi connectivity index (χ0v) is 10.5. The Bertz CT molecular complexity index is 279. The summed E-state index contributed by atoms with van der Waals surface area (Å²) >= 11 is 0. The molecule has 0 aromatic heterocycles. The summed E-state index contributed by atoms with van der Waals surface area (Å²) in [6.45, 7) is 5.05. The molecule has 0 aromatic rings. The van der Waals surface area contributed by atoms with Crippen LogP contribution >= 0.6 is 0 Å². The van der Waals surface area contributed by atoms with Crippen molar-refractivity contribution in [3.63, 3.8) is 0 Å². The second-order valence-corrected chi connectivity index (χ2v) is 3.71. The standard InChI is InChI=1S/C11H20N2O4/c1-4-5-6-17-10(15)7-12-11(16)8(2)13-9(3)14/h8H,4-7H2,1-3H3,(H,12,16)(H,13,14)/t8-/m0/s1. The van der Waals surface area contributed by atoms with Crippen LogP contribution in [0, 0.1) is 0 Å². The van der Waals surface area contributed by atoms with E-state index in [1.54, 1.807) is 6.92 Å². The van der Waals surface area contributed by atoms with Gasteiger partial charge in [-0.25, -0.2) is 0 Å². The third-order valence-corrected chi connectivity index (χ3v) is 1.98. The molecule has 0 fully saturated rings. The van der Waals surface area contributed by atoms with Crippen LogP contribution in [0.25, 0.3) is 0 Å². The number of hydrogen-bond donors (Lipinski definition) is 2. The van der Waals surface area contributed by atoms with Gasteiger partial charge >= 0.3 is 5.97 Å². The lowest BCUT2D eigenvalue weighted by atomic mass is 10.3. The SMILES string of the molecule is CCCCOC(=O)CNC(=O)[C@H](C)NC(C)=O. The minimum Gasteiger partial charge on any atom is -0.464 e. The van der Waals surface area contributed by atoms with Crippen LogP contribution in [0.3, 0.4) is 0 Å². The highest BCUT2D eigenvalue weighted by molar-refractivity contribution is 5.88. The summed E-state index contributed by atoms with van der Waals surface area (Å²) in [5.41, 5.74) is 0. The molecular weight excluding hydrogens is 224 g/mol. The minimum absolute atomic E-state index is 0.174. The molecular formula is C11H20N2O4. The van der Waals surface area contributed by atoms with Crippen LogP contribution in [0.5, 0.6) is 0 Å². The molecule has 98 valence electrons. The van der Waals surface area contributed by atoms with Crippen molar-refractivity contribution in [1.29, 1.82) is 0 Å². The zero-order chi connectivity index (χ0) is 13.3. The summed E-state index contributed by atoms with van der Waals surface area (Å²) in [5, 5.41) is 4.80. The van der Waals surface area contributed by atoms with Crippen molar-refractivity contribution in [2.75, 3.05) is 13.2 Å². The maximum Gasteiger partial charge on any atom is 0.325 e. The molecule has 0 aromatic carbocycles. The van der Waals surface area contributed by atoms with Gasteiger partial charge in [0.05, 0.1) is 6.61 Å². The van der Waals surface area contributed by atoms with Gasteiger partial charge in [0, 0.05) is 6.92 Å². The molecule has 0 unspecified atom stereocenters. The summed E-state index contributed by atoms with van der Waals surface area (Å²) < 4.78 is 4.85. The second-order valence-electron chi connectivity index (χ2n) is 3.71. The van der Waals surface area contributed by atoms with Gasteiger partial charge in [-0.1, -0.05) is 13.3 Å². The molecule has 0 bridgehead atoms. The maximum absolute atomic E-state index is 11.4. The third-order valence-electron chi connectivity index (χ3n) is 1.98. The van der Waals surface area contributed by atoms with Crippen molar-refractivity contribution < 1.29 is 19.1 Å². The molecule has 0 aliphatic carbocycles. The van der Waals surface area contributed by atoms with Gasteiger partial charge in [-0.3, -0.25) is 14.4 Å². The van der Waals surface area contributed by atoms with E-state index in [2.05, 4.69) is 10.6 Å². The van der Waals surface area contributed by atoms with Gasteiger partial charge in [-0.15, -0.1) is 0 Å². The molecule has 6 nitrogen and oxygen atoms in total. The summed E-state index contributed by atoms with van der Waals surface area (Å²) in [6.07, 6.45) is 1.75. The van der Waals surface area contributed by atoms with Crippen LogP contribution in [-0.2, 0) is 19.1 Å². The molecule has 0 saturated heterocycles. The monoisotopic (exact) mass is 244 g/mol. The first-order valence-electron chi connectivity index (χ1n) is 5.67. The molecule has 0 aliphatic heterocycles. The van der Waals surface area contributed by atoms with Crippen LogP contribution in [0.2, 0.25) is 0 Å². The molecule has 0 radical (unpaired) electrons. The Hall–Kier alpha value is -1.59. The summed E-state index contributed by atoms with van der Waals surface area (Å²) in [6, 6.07) is -0.657. The van der Waals surface area contributed by atoms with E-state index < -0.39 is 17.9 Å². The normalized spacial score (nSPS) is 11.5. The number of rotatable bonds is 7. The summed E-state index contributed by atoms with van der Waals surface area (Å²) in [7, 11) is 0. The van der Waals surface area contributed by atoms with Gasteiger partial charge < -0.3 is 15.4 Å². The molecule has 17 heavy (non-hydrogen) atoms. The fraction of sp³-hybridized carbons (Fsp3) is 0.727. The van der Waals surface area contributed by atoms with Crippen molar-refractivity contribution in [3.05, 3.63) is 0 Å². The van der Waals surface area contributed by atoms with E-state index in [-0.39, 0.29) is 12.5 Å². The maximum atomic E-state index is 11.4. The average Bonchev–Trinajstić information content (AvgIpc) is 2.25. The number of carbonyl (C=O) groups excluding carboxylic acids is 3. The summed E-state index contributed by atoms with van der Waals surface area (Å²) in [4.78, 5) is 33.2. The molecule has 6 heteroatoms. The van der Waals surface area contributed by atoms with Crippen LogP contribution in [-0.4, -0.2) is 37.0 Å². The predicted molar refractivity (Wildman–Crippen MR) is 62.2 cm³/mol. The molecule has 0 heterocycles. The fourth-order valence-corrected chi connectivity index (χ4v) is 1.06. The number of hydrogen-bond acceptors (Lipinski definition) is 4. The van der Waals surface area contributed by atoms with Gasteiger partial charge in [-0.2, -0.15) is 0 Å². The first kappa shape index (κ1) is 15.4. The van der Waals surface area contributed by atoms with Crippen LogP contribution in [0.15, 0.2) is 0 Å². The number of carbonyl (C=O) groups is 3. The Kier molecular flexibility index (Phi) is 7.75. The van der Waals surface area contributed by atoms with Crippen molar-refractivity contribution >= 4 is 17.8 Å². The van der Waals surface area contributed by atoms with Crippen molar-refractivity contribution in [2.24, 2.45) is 0 Å². The van der Waals surface area contributed by atoms with E-state index in [0.29, 0.717) is 6.61 Å². The molecule has 1 atom stereocenters. The highest BCUT2D eigenvalue weighted by Gasteiger charge is 2.14. The van der Waals surface area contributed by atoms with E-state index in [0.717, 1.165) is 12.8 Å². The molecule has 2 amide bonds. The van der Waals surface area contributed by atoms with Crippen LogP contribution in [0.4, 0.5) is 0 Å². The minimum atomic E-state index is -0.657. The van der Waals surface area contributed by atoms with Gasteiger partial charge in [0.15, 0.2) is 0 Å². The molecule has 0 saturated carbocycles. The van der Waals surface area contributed by atoms with Crippen LogP contribution in [0.1, 0.15) is 33.6 Å². The Morgan fingerprint density at radius 3 is 2.47 bits per heavy atom. The van der Waals surface area contributed by atoms with Gasteiger partial charge in [0.25, 0.3) is 0 Å². The average molecular weight is 244 g/mol. The Labute approximate surface area is 101 Å². The quantitative estimate of drug-likeness (QED) is 0.486. The van der Waals surface area contributed by atoms with Crippen LogP contribution < -0.4 is 10.6 Å². The fourth-order valence-electron chi connectivity index (χ4n) is 1.06. The number of esters is 1. The number of ether oxygens (including phenoxy) is 1. The molecule has 0 spiro atoms. The molecule has 2 N–H and O–H groups in total. The van der Waals surface area contributed by atoms with Gasteiger partial charge in [0.1, 0.15) is 12.6 Å². The Morgan fingerprint density at radius 2 is 1.94 bits per heavy atom. The third kappa shape index (κ3) is 8.24. The van der Waals surface area contributed by atoms with Crippen molar-refractivity contribution in [3.8, 4) is 0 Å². The van der Waals surface area contributed by atoms with Gasteiger partial charge in [-0.05, 0) is 13.3 Å². The molecule has 0 aliphatic rings. The van der Waals surface area contributed by atoms with E-state index in [9.17, 15) is 14.4 Å². The largest absolute Gasteiger partial charge is 0.464 e. The lowest BCUT2D eigenvalue weighted by molar-refractivity contribution is -0.144. The number of unbranched alkanes of at least 4 members (excludes halogenated alkanes) is 1. The highest BCUT2D eigenvalue weighted by Crippen LogP contribution is 1.88. The van der Waals surface area contributed by atoms with Crippen molar-refractivity contribution in [1.82, 2.24) is 10.6 Å². The van der Waals surface area contributed by atoms with E-state index in [1.165, 1.54) is 6.92 Å². The second kappa shape index (κ2) is 8.55. The number of nitrogens with one attached hydrogen (secondary N) is 2. The van der Waals surface area contributed by atoms with Gasteiger partial charge in [0.2, 0.25) is 11.8 Å². The van der Waals surface area contributed by atoms with E-state index >= 15 is 0 Å². The smallest absolute Gasteiger partial charge is 0.325 e. The lowest BCUT2D eigenvalue weighted by Gasteiger charge is -2.12. The lowest BCUT2D eigenvalue weighted by Crippen LogP contribution is -2.45. The topological polar surface area (TPSA) is 84.5 Å². The van der Waals surface area contributed by atoms with E-state index in [1.807, 2.05) is 6.92 Å². The predicted octanol–water partition coefficient (Wildman–Crippen LogP) is -0.0295. The number of amides is 2. The first-order chi connectivity index (χ1) is 7.97. The Morgan fingerprint density at radius 1 is 1.29 bits per heavy atom. The summed E-state index contributed by atoms with van der Waals surface area (Å²) in [5.74, 6) is -1.17. The zero-order valence-electron chi connectivity index (χ0n) is 10.5. The van der Waals surface area contributed by atoms with E-state index in [4.69, 9.17) is 4.74 Å². The Balaban J connectivity index is 3.75. The highest BCUT2D eigenvalue weighted by atomic mass is 16.5.